The molecule has 2 aromatic rings. The van der Waals surface area contributed by atoms with Crippen molar-refractivity contribution in [3.63, 3.8) is 0 Å². The Labute approximate surface area is 97.6 Å². The van der Waals surface area contributed by atoms with Gasteiger partial charge >= 0.3 is 0 Å². The lowest BCUT2D eigenvalue weighted by Gasteiger charge is -1.85. The second-order valence-electron chi connectivity index (χ2n) is 2.89. The third kappa shape index (κ3) is 2.65. The second kappa shape index (κ2) is 5.05. The maximum absolute atomic E-state index is 4.91. The minimum absolute atomic E-state index is 0.442. The Morgan fingerprint density at radius 2 is 2.19 bits per heavy atom. The molecule has 1 aromatic carbocycles. The average molecular weight is 228 g/mol. The molecule has 0 amide bonds. The third-order valence-electron chi connectivity index (χ3n) is 1.77. The van der Waals surface area contributed by atoms with E-state index in [0.29, 0.717) is 4.77 Å². The predicted molar refractivity (Wildman–Crippen MR) is 64.6 cm³/mol. The van der Waals surface area contributed by atoms with Crippen molar-refractivity contribution >= 4 is 18.4 Å². The van der Waals surface area contributed by atoms with Gasteiger partial charge in [0.15, 0.2) is 0 Å². The Balaban J connectivity index is 2.09. The molecule has 0 atom stereocenters. The topological polar surface area (TPSA) is 46.0 Å². The number of hydrogen-bond donors (Lipinski definition) is 1. The lowest BCUT2D eigenvalue weighted by Crippen LogP contribution is -1.85. The number of rotatable bonds is 1. The maximum atomic E-state index is 4.91. The van der Waals surface area contributed by atoms with Crippen LogP contribution in [0.4, 0.5) is 0 Å². The summed E-state index contributed by atoms with van der Waals surface area (Å²) in [6.07, 6.45) is 2.97. The number of aromatic nitrogens is 3. The van der Waals surface area contributed by atoms with E-state index < -0.39 is 0 Å². The lowest BCUT2D eigenvalue weighted by atomic mass is 10.2. The highest BCUT2D eigenvalue weighted by molar-refractivity contribution is 7.71. The summed E-state index contributed by atoms with van der Waals surface area (Å²) in [6.45, 7) is 0. The Hall–Kier alpha value is -2.19. The van der Waals surface area contributed by atoms with Crippen LogP contribution in [0.3, 0.4) is 0 Å². The fraction of sp³-hybridized carbons (Fsp3) is 0. The molecule has 0 aliphatic heterocycles. The number of hydrogen-bond acceptors (Lipinski definition) is 3. The zero-order chi connectivity index (χ0) is 11.2. The van der Waals surface area contributed by atoms with Crippen LogP contribution in [0, 0.1) is 16.6 Å². The fourth-order valence-corrected chi connectivity index (χ4v) is 1.20. The van der Waals surface area contributed by atoms with Crippen molar-refractivity contribution in [3.8, 4) is 11.8 Å². The van der Waals surface area contributed by atoms with E-state index in [1.54, 1.807) is 0 Å². The summed E-state index contributed by atoms with van der Waals surface area (Å²) >= 11 is 4.91. The Morgan fingerprint density at radius 3 is 2.88 bits per heavy atom. The first kappa shape index (κ1) is 10.3. The molecular weight excluding hydrogens is 220 g/mol. The van der Waals surface area contributed by atoms with Crippen molar-refractivity contribution < 1.29 is 0 Å². The highest BCUT2D eigenvalue weighted by Gasteiger charge is 1.85. The highest BCUT2D eigenvalue weighted by Crippen LogP contribution is 1.94. The Kier molecular flexibility index (Phi) is 3.26. The van der Waals surface area contributed by atoms with Crippen molar-refractivity contribution in [1.29, 1.82) is 0 Å². The summed E-state index contributed by atoms with van der Waals surface area (Å²) in [5.74, 6) is 5.77. The van der Waals surface area contributed by atoms with Gasteiger partial charge in [-0.05, 0) is 30.3 Å². The van der Waals surface area contributed by atoms with Crippen LogP contribution < -0.4 is 0 Å². The van der Waals surface area contributed by atoms with Crippen LogP contribution in [-0.2, 0) is 0 Å². The number of benzene rings is 1. The van der Waals surface area contributed by atoms with Crippen LogP contribution in [0.1, 0.15) is 5.56 Å². The molecule has 0 aliphatic carbocycles. The molecule has 2 rings (SSSR count). The van der Waals surface area contributed by atoms with Gasteiger partial charge in [-0.3, -0.25) is 5.10 Å². The average Bonchev–Trinajstić information content (AvgIpc) is 2.72. The number of nitrogens with zero attached hydrogens (tertiary/aromatic N) is 3. The molecule has 0 aliphatic rings. The van der Waals surface area contributed by atoms with Crippen LogP contribution in [0.5, 0.6) is 0 Å². The Morgan fingerprint density at radius 1 is 1.38 bits per heavy atom. The van der Waals surface area contributed by atoms with Gasteiger partial charge in [-0.15, -0.1) is 0 Å². The molecule has 1 heterocycles. The minimum atomic E-state index is 0.442. The highest BCUT2D eigenvalue weighted by atomic mass is 32.1. The van der Waals surface area contributed by atoms with Crippen LogP contribution in [0.25, 0.3) is 0 Å². The molecule has 0 fully saturated rings. The van der Waals surface area contributed by atoms with Gasteiger partial charge in [0.25, 0.3) is 0 Å². The monoisotopic (exact) mass is 228 g/mol. The van der Waals surface area contributed by atoms with E-state index in [4.69, 9.17) is 12.2 Å². The van der Waals surface area contributed by atoms with Gasteiger partial charge < -0.3 is 0 Å². The zero-order valence-electron chi connectivity index (χ0n) is 8.29. The summed E-state index contributed by atoms with van der Waals surface area (Å²) < 4.78 is 1.88. The van der Waals surface area contributed by atoms with Gasteiger partial charge in [0.1, 0.15) is 6.33 Å². The van der Waals surface area contributed by atoms with E-state index in [0.717, 1.165) is 5.56 Å². The summed E-state index contributed by atoms with van der Waals surface area (Å²) in [5, 5.41) is 10.3. The minimum Gasteiger partial charge on any atom is -0.250 e. The van der Waals surface area contributed by atoms with Gasteiger partial charge in [0, 0.05) is 5.56 Å². The first-order chi connectivity index (χ1) is 7.86. The van der Waals surface area contributed by atoms with Gasteiger partial charge in [0.05, 0.1) is 6.21 Å². The summed E-state index contributed by atoms with van der Waals surface area (Å²) in [4.78, 5) is 0. The quantitative estimate of drug-likeness (QED) is 0.460. The van der Waals surface area contributed by atoms with Crippen LogP contribution >= 0.6 is 12.2 Å². The molecule has 0 bridgehead atoms. The molecule has 1 aromatic heterocycles. The molecule has 0 spiro atoms. The van der Waals surface area contributed by atoms with E-state index in [1.807, 2.05) is 30.3 Å². The molecule has 1 N–H and O–H groups in total. The van der Waals surface area contributed by atoms with Crippen LogP contribution in [0.15, 0.2) is 41.8 Å². The molecule has 5 heteroatoms. The Bertz CT molecular complexity index is 598. The second-order valence-corrected chi connectivity index (χ2v) is 3.27. The van der Waals surface area contributed by atoms with Crippen molar-refractivity contribution in [1.82, 2.24) is 14.9 Å². The van der Waals surface area contributed by atoms with Crippen molar-refractivity contribution in [2.75, 3.05) is 0 Å². The summed E-state index contributed by atoms with van der Waals surface area (Å²) in [7, 11) is 0. The van der Waals surface area contributed by atoms with E-state index in [2.05, 4.69) is 27.1 Å². The smallest absolute Gasteiger partial charge is 0.216 e. The molecule has 16 heavy (non-hydrogen) atoms. The third-order valence-corrected chi connectivity index (χ3v) is 2.05. The molecule has 0 unspecified atom stereocenters. The largest absolute Gasteiger partial charge is 0.250 e. The molecule has 0 saturated carbocycles. The van der Waals surface area contributed by atoms with E-state index in [1.165, 1.54) is 17.2 Å². The van der Waals surface area contributed by atoms with Crippen molar-refractivity contribution in [2.45, 2.75) is 0 Å². The number of aromatic amines is 1. The van der Waals surface area contributed by atoms with Gasteiger partial charge in [-0.2, -0.15) is 14.9 Å². The normalized spacial score (nSPS) is 10.0. The van der Waals surface area contributed by atoms with Gasteiger partial charge in [0.2, 0.25) is 4.77 Å². The van der Waals surface area contributed by atoms with Crippen LogP contribution in [-0.4, -0.2) is 21.1 Å². The fourth-order valence-electron chi connectivity index (χ4n) is 1.05. The molecule has 0 saturated heterocycles. The van der Waals surface area contributed by atoms with Crippen molar-refractivity contribution in [3.05, 3.63) is 47.0 Å². The molecule has 78 valence electrons. The molecule has 0 radical (unpaired) electrons. The van der Waals surface area contributed by atoms with Gasteiger partial charge in [-0.1, -0.05) is 24.1 Å². The standard InChI is InChI=1S/C11H8N4S/c16-11-14-12-9-15(11)13-8-4-7-10-5-2-1-3-6-10/h1-3,5-6,8-9H,(H,14,16)/b13-8+. The maximum Gasteiger partial charge on any atom is 0.216 e. The van der Waals surface area contributed by atoms with E-state index in [-0.39, 0.29) is 0 Å². The lowest BCUT2D eigenvalue weighted by molar-refractivity contribution is 0.864. The number of H-pyrrole nitrogens is 1. The predicted octanol–water partition coefficient (Wildman–Crippen LogP) is 1.83. The first-order valence-corrected chi connectivity index (χ1v) is 4.98. The van der Waals surface area contributed by atoms with E-state index >= 15 is 0 Å². The summed E-state index contributed by atoms with van der Waals surface area (Å²) in [5.41, 5.74) is 0.949. The zero-order valence-corrected chi connectivity index (χ0v) is 9.11. The summed E-state index contributed by atoms with van der Waals surface area (Å²) in [6, 6.07) is 9.69. The van der Waals surface area contributed by atoms with E-state index in [9.17, 15) is 0 Å². The molecule has 4 nitrogen and oxygen atoms in total. The van der Waals surface area contributed by atoms with Gasteiger partial charge in [-0.25, -0.2) is 0 Å². The SMILES string of the molecule is S=c1[nH]ncn1/N=C/C#Cc1ccccc1. The number of nitrogens with one attached hydrogen (secondary N) is 1. The van der Waals surface area contributed by atoms with Crippen molar-refractivity contribution in [2.24, 2.45) is 5.10 Å². The first-order valence-electron chi connectivity index (χ1n) is 4.58. The van der Waals surface area contributed by atoms with Crippen LogP contribution in [0.2, 0.25) is 0 Å². The molecular formula is C11H8N4S.